The van der Waals surface area contributed by atoms with Gasteiger partial charge in [0.15, 0.2) is 23.1 Å². The number of morpholine rings is 1. The van der Waals surface area contributed by atoms with Crippen LogP contribution in [-0.4, -0.2) is 89.5 Å². The van der Waals surface area contributed by atoms with E-state index in [1.165, 1.54) is 12.1 Å². The zero-order valence-electron chi connectivity index (χ0n) is 24.2. The normalized spacial score (nSPS) is 20.7. The van der Waals surface area contributed by atoms with E-state index in [-0.39, 0.29) is 54.7 Å². The quantitative estimate of drug-likeness (QED) is 0.213. The number of epoxide rings is 1. The Labute approximate surface area is 246 Å². The molecule has 2 aliphatic rings. The van der Waals surface area contributed by atoms with E-state index in [9.17, 15) is 29.4 Å². The molecule has 2 heterocycles. The van der Waals surface area contributed by atoms with Crippen molar-refractivity contribution in [2.24, 2.45) is 11.8 Å². The van der Waals surface area contributed by atoms with Crippen molar-refractivity contribution in [3.05, 3.63) is 59.7 Å². The zero-order valence-corrected chi connectivity index (χ0v) is 24.2. The Morgan fingerprint density at radius 2 is 1.64 bits per heavy atom. The fourth-order valence-corrected chi connectivity index (χ4v) is 5.22. The molecule has 10 heteroatoms. The predicted octanol–water partition coefficient (Wildman–Crippen LogP) is 2.23. The number of amides is 1. The van der Waals surface area contributed by atoms with Crippen LogP contribution < -0.4 is 5.32 Å². The second-order valence-corrected chi connectivity index (χ2v) is 11.6. The standard InChI is InChI=1S/C32H40N2O8/c1-21(14-25(35)19-34-10-12-41-13-11-34)31(40)33-26(16-23-8-9-27(36)29(38)17-23)28(37)18-24(30(39)32(2)20-42-32)15-22-6-4-3-5-7-22/h3-9,17,21,24,26,36,38H,10-16,18-20H2,1-2H3,(H,33,40). The topological polar surface area (TPSA) is 146 Å². The Hall–Kier alpha value is -3.60. The number of rotatable bonds is 15. The predicted molar refractivity (Wildman–Crippen MR) is 154 cm³/mol. The Balaban J connectivity index is 1.47. The van der Waals surface area contributed by atoms with Crippen molar-refractivity contribution in [1.29, 1.82) is 0 Å². The van der Waals surface area contributed by atoms with Crippen LogP contribution in [0.1, 0.15) is 37.8 Å². The van der Waals surface area contributed by atoms with Crippen LogP contribution in [0.5, 0.6) is 11.5 Å². The Bertz CT molecular complexity index is 1270. The van der Waals surface area contributed by atoms with Gasteiger partial charge in [0, 0.05) is 37.8 Å². The van der Waals surface area contributed by atoms with Crippen LogP contribution >= 0.6 is 0 Å². The first-order chi connectivity index (χ1) is 20.0. The van der Waals surface area contributed by atoms with Gasteiger partial charge in [-0.05, 0) is 43.0 Å². The minimum atomic E-state index is -1.02. The van der Waals surface area contributed by atoms with Gasteiger partial charge in [0.05, 0.1) is 32.4 Å². The molecule has 4 unspecified atom stereocenters. The smallest absolute Gasteiger partial charge is 0.223 e. The first-order valence-electron chi connectivity index (χ1n) is 14.4. The number of ketones is 3. The van der Waals surface area contributed by atoms with Crippen molar-refractivity contribution in [3.63, 3.8) is 0 Å². The summed E-state index contributed by atoms with van der Waals surface area (Å²) in [6, 6.07) is 12.6. The molecule has 0 spiro atoms. The number of nitrogens with zero attached hydrogens (tertiary/aromatic N) is 1. The van der Waals surface area contributed by atoms with Crippen LogP contribution in [0.2, 0.25) is 0 Å². The number of carbonyl (C=O) groups excluding carboxylic acids is 4. The molecule has 42 heavy (non-hydrogen) atoms. The molecular weight excluding hydrogens is 540 g/mol. The van der Waals surface area contributed by atoms with E-state index < -0.39 is 29.4 Å². The summed E-state index contributed by atoms with van der Waals surface area (Å²) in [5.74, 6) is -3.01. The first kappa shape index (κ1) is 31.3. The highest BCUT2D eigenvalue weighted by molar-refractivity contribution is 5.97. The maximum absolute atomic E-state index is 13.8. The summed E-state index contributed by atoms with van der Waals surface area (Å²) in [6.45, 7) is 6.36. The molecule has 0 aromatic heterocycles. The summed E-state index contributed by atoms with van der Waals surface area (Å²) < 4.78 is 10.7. The van der Waals surface area contributed by atoms with Gasteiger partial charge >= 0.3 is 0 Å². The molecule has 2 aliphatic heterocycles. The van der Waals surface area contributed by atoms with Crippen LogP contribution in [0.3, 0.4) is 0 Å². The molecule has 2 aromatic rings. The fraction of sp³-hybridized carbons (Fsp3) is 0.500. The summed E-state index contributed by atoms with van der Waals surface area (Å²) in [4.78, 5) is 55.1. The van der Waals surface area contributed by atoms with Crippen molar-refractivity contribution < 1.29 is 38.9 Å². The number of hydrogen-bond acceptors (Lipinski definition) is 9. The van der Waals surface area contributed by atoms with Crippen molar-refractivity contribution in [1.82, 2.24) is 10.2 Å². The molecule has 0 radical (unpaired) electrons. The van der Waals surface area contributed by atoms with E-state index in [1.807, 2.05) is 35.2 Å². The summed E-state index contributed by atoms with van der Waals surface area (Å²) >= 11 is 0. The van der Waals surface area contributed by atoms with Crippen molar-refractivity contribution in [3.8, 4) is 11.5 Å². The second-order valence-electron chi connectivity index (χ2n) is 11.6. The highest BCUT2D eigenvalue weighted by atomic mass is 16.6. The van der Waals surface area contributed by atoms with Crippen LogP contribution in [0, 0.1) is 11.8 Å². The third-order valence-electron chi connectivity index (χ3n) is 7.91. The summed E-state index contributed by atoms with van der Waals surface area (Å²) in [5.41, 5.74) is 0.504. The first-order valence-corrected chi connectivity index (χ1v) is 14.4. The van der Waals surface area contributed by atoms with Gasteiger partial charge in [0.25, 0.3) is 0 Å². The van der Waals surface area contributed by atoms with Crippen LogP contribution in [0.25, 0.3) is 0 Å². The van der Waals surface area contributed by atoms with Gasteiger partial charge in [-0.25, -0.2) is 0 Å². The lowest BCUT2D eigenvalue weighted by Gasteiger charge is -2.26. The molecule has 0 saturated carbocycles. The number of hydrogen-bond donors (Lipinski definition) is 3. The monoisotopic (exact) mass is 580 g/mol. The highest BCUT2D eigenvalue weighted by Gasteiger charge is 2.50. The van der Waals surface area contributed by atoms with E-state index in [0.717, 1.165) is 5.56 Å². The second kappa shape index (κ2) is 14.0. The molecule has 2 fully saturated rings. The SMILES string of the molecule is CC(CC(=O)CN1CCOCC1)C(=O)NC(Cc1ccc(O)c(O)c1)C(=O)CC(Cc1ccccc1)C(=O)C1(C)CO1. The summed E-state index contributed by atoms with van der Waals surface area (Å²) in [6.07, 6.45) is 0.283. The number of benzene rings is 2. The van der Waals surface area contributed by atoms with Crippen LogP contribution in [0.15, 0.2) is 48.5 Å². The largest absolute Gasteiger partial charge is 0.504 e. The lowest BCUT2D eigenvalue weighted by Crippen LogP contribution is -2.46. The van der Waals surface area contributed by atoms with Crippen LogP contribution in [-0.2, 0) is 41.5 Å². The van der Waals surface area contributed by atoms with Gasteiger partial charge < -0.3 is 25.0 Å². The van der Waals surface area contributed by atoms with Gasteiger partial charge in [0.2, 0.25) is 5.91 Å². The number of ether oxygens (including phenoxy) is 2. The Morgan fingerprint density at radius 3 is 2.29 bits per heavy atom. The molecule has 2 saturated heterocycles. The summed E-state index contributed by atoms with van der Waals surface area (Å²) in [5, 5.41) is 22.5. The van der Waals surface area contributed by atoms with E-state index >= 15 is 0 Å². The number of phenolic OH excluding ortho intramolecular Hbond substituents is 2. The molecule has 10 nitrogen and oxygen atoms in total. The third-order valence-corrected chi connectivity index (χ3v) is 7.91. The van der Waals surface area contributed by atoms with Gasteiger partial charge in [0.1, 0.15) is 11.4 Å². The molecule has 1 amide bonds. The minimum absolute atomic E-state index is 0.0227. The Morgan fingerprint density at radius 1 is 0.952 bits per heavy atom. The van der Waals surface area contributed by atoms with Gasteiger partial charge in [-0.3, -0.25) is 24.1 Å². The minimum Gasteiger partial charge on any atom is -0.504 e. The molecule has 0 aliphatic carbocycles. The van der Waals surface area contributed by atoms with E-state index in [0.29, 0.717) is 44.9 Å². The van der Waals surface area contributed by atoms with Gasteiger partial charge in [-0.1, -0.05) is 43.3 Å². The van der Waals surface area contributed by atoms with E-state index in [1.54, 1.807) is 19.9 Å². The maximum atomic E-state index is 13.8. The number of carbonyl (C=O) groups is 4. The van der Waals surface area contributed by atoms with Crippen molar-refractivity contribution in [2.45, 2.75) is 51.2 Å². The van der Waals surface area contributed by atoms with E-state index in [2.05, 4.69) is 5.32 Å². The molecular formula is C32H40N2O8. The fourth-order valence-electron chi connectivity index (χ4n) is 5.22. The molecule has 4 rings (SSSR count). The van der Waals surface area contributed by atoms with Crippen molar-refractivity contribution in [2.75, 3.05) is 39.5 Å². The average molecular weight is 581 g/mol. The number of phenols is 2. The summed E-state index contributed by atoms with van der Waals surface area (Å²) in [7, 11) is 0. The van der Waals surface area contributed by atoms with Gasteiger partial charge in [-0.2, -0.15) is 0 Å². The lowest BCUT2D eigenvalue weighted by molar-refractivity contribution is -0.134. The van der Waals surface area contributed by atoms with Crippen LogP contribution in [0.4, 0.5) is 0 Å². The molecule has 3 N–H and O–H groups in total. The van der Waals surface area contributed by atoms with Gasteiger partial charge in [-0.15, -0.1) is 0 Å². The lowest BCUT2D eigenvalue weighted by atomic mass is 9.83. The molecule has 226 valence electrons. The number of aromatic hydroxyl groups is 2. The molecule has 2 aromatic carbocycles. The van der Waals surface area contributed by atoms with E-state index in [4.69, 9.17) is 9.47 Å². The third kappa shape index (κ3) is 8.70. The highest BCUT2D eigenvalue weighted by Crippen LogP contribution is 2.33. The zero-order chi connectivity index (χ0) is 30.3. The molecule has 0 bridgehead atoms. The molecule has 4 atom stereocenters. The number of Topliss-reactive ketones (excluding diaryl/α,β-unsaturated/α-hetero) is 3. The average Bonchev–Trinajstić information content (AvgIpc) is 3.73. The Kier molecular flexibility index (Phi) is 10.5. The maximum Gasteiger partial charge on any atom is 0.223 e. The van der Waals surface area contributed by atoms with Crippen molar-refractivity contribution >= 4 is 23.3 Å². The number of nitrogens with one attached hydrogen (secondary N) is 1.